The third kappa shape index (κ3) is 6.40. The molecule has 27 heavy (non-hydrogen) atoms. The lowest BCUT2D eigenvalue weighted by atomic mass is 10.1. The zero-order chi connectivity index (χ0) is 19.6. The van der Waals surface area contributed by atoms with Crippen molar-refractivity contribution in [3.63, 3.8) is 0 Å². The van der Waals surface area contributed by atoms with E-state index >= 15 is 0 Å². The van der Waals surface area contributed by atoms with Gasteiger partial charge in [-0.1, -0.05) is 50.7 Å². The number of benzene rings is 1. The van der Waals surface area contributed by atoms with E-state index in [2.05, 4.69) is 23.3 Å². The van der Waals surface area contributed by atoms with Crippen molar-refractivity contribution in [2.75, 3.05) is 6.61 Å². The van der Waals surface area contributed by atoms with Gasteiger partial charge in [0, 0.05) is 18.3 Å². The van der Waals surface area contributed by atoms with Gasteiger partial charge in [-0.3, -0.25) is 19.9 Å². The largest absolute Gasteiger partial charge is 0.493 e. The van der Waals surface area contributed by atoms with E-state index in [1.54, 1.807) is 0 Å². The fraction of sp³-hybridized carbons (Fsp3) is 0.381. The van der Waals surface area contributed by atoms with Gasteiger partial charge in [0.05, 0.1) is 11.9 Å². The molecule has 1 saturated heterocycles. The molecule has 1 aliphatic heterocycles. The molecule has 144 valence electrons. The number of thioether (sulfide) groups is 1. The van der Waals surface area contributed by atoms with E-state index < -0.39 is 0 Å². The first-order valence-electron chi connectivity index (χ1n) is 9.31. The molecule has 1 atom stereocenters. The second-order valence-electron chi connectivity index (χ2n) is 5.84. The van der Waals surface area contributed by atoms with Crippen molar-refractivity contribution in [2.24, 2.45) is 0 Å². The lowest BCUT2D eigenvalue weighted by molar-refractivity contribution is -0.118. The number of aryl methyl sites for hydroxylation is 1. The van der Waals surface area contributed by atoms with Crippen LogP contribution in [-0.2, 0) is 24.1 Å². The van der Waals surface area contributed by atoms with Crippen LogP contribution in [0.2, 0.25) is 0 Å². The van der Waals surface area contributed by atoms with Gasteiger partial charge in [0.2, 0.25) is 5.91 Å². The molecule has 0 saturated carbocycles. The zero-order valence-corrected chi connectivity index (χ0v) is 16.8. The monoisotopic (exact) mass is 386 g/mol. The van der Waals surface area contributed by atoms with E-state index in [1.165, 1.54) is 5.56 Å². The van der Waals surface area contributed by atoms with Crippen LogP contribution in [0.4, 0.5) is 4.79 Å². The van der Waals surface area contributed by atoms with Gasteiger partial charge >= 0.3 is 0 Å². The van der Waals surface area contributed by atoms with Crippen molar-refractivity contribution in [3.05, 3.63) is 59.4 Å². The molecule has 2 heterocycles. The lowest BCUT2D eigenvalue weighted by Gasteiger charge is -2.09. The van der Waals surface area contributed by atoms with E-state index in [0.29, 0.717) is 13.0 Å². The van der Waals surface area contributed by atoms with Gasteiger partial charge in [0.25, 0.3) is 5.24 Å². The Kier molecular flexibility index (Phi) is 8.33. The minimum atomic E-state index is -0.337. The summed E-state index contributed by atoms with van der Waals surface area (Å²) in [6.07, 6.45) is 4.19. The number of amides is 2. The normalized spacial score (nSPS) is 15.7. The number of ether oxygens (including phenoxy) is 1. The Morgan fingerprint density at radius 3 is 2.33 bits per heavy atom. The minimum absolute atomic E-state index is 0.211. The smallest absolute Gasteiger partial charge is 0.286 e. The van der Waals surface area contributed by atoms with Gasteiger partial charge in [-0.15, -0.1) is 0 Å². The predicted molar refractivity (Wildman–Crippen MR) is 109 cm³/mol. The summed E-state index contributed by atoms with van der Waals surface area (Å²) in [6, 6.07) is 11.8. The number of carbonyl (C=O) groups excluding carboxylic acids is 2. The zero-order valence-electron chi connectivity index (χ0n) is 16.0. The second kappa shape index (κ2) is 10.7. The van der Waals surface area contributed by atoms with Gasteiger partial charge in [-0.05, 0) is 42.2 Å². The highest BCUT2D eigenvalue weighted by Gasteiger charge is 2.31. The number of hydrogen-bond donors (Lipinski definition) is 1. The van der Waals surface area contributed by atoms with Crippen LogP contribution in [0.1, 0.15) is 37.6 Å². The molecule has 1 N–H and O–H groups in total. The maximum Gasteiger partial charge on any atom is 0.286 e. The molecule has 3 rings (SSSR count). The number of aromatic nitrogens is 1. The maximum atomic E-state index is 11.6. The Morgan fingerprint density at radius 2 is 1.78 bits per heavy atom. The summed E-state index contributed by atoms with van der Waals surface area (Å²) in [5, 5.41) is 1.70. The summed E-state index contributed by atoms with van der Waals surface area (Å²) in [5.74, 6) is 0.574. The third-order valence-electron chi connectivity index (χ3n) is 4.03. The molecule has 2 aromatic rings. The first-order chi connectivity index (χ1) is 13.1. The average molecular weight is 387 g/mol. The molecule has 1 aromatic carbocycles. The van der Waals surface area contributed by atoms with Gasteiger partial charge in [0.1, 0.15) is 5.75 Å². The molecule has 0 radical (unpaired) electrons. The summed E-state index contributed by atoms with van der Waals surface area (Å²) < 4.78 is 5.75. The number of nitrogens with one attached hydrogen (secondary N) is 1. The van der Waals surface area contributed by atoms with Crippen LogP contribution in [0, 0.1) is 0 Å². The quantitative estimate of drug-likeness (QED) is 0.773. The van der Waals surface area contributed by atoms with Gasteiger partial charge in [-0.2, -0.15) is 0 Å². The molecule has 0 bridgehead atoms. The van der Waals surface area contributed by atoms with E-state index in [4.69, 9.17) is 4.74 Å². The molecule has 0 aliphatic carbocycles. The Balaban J connectivity index is 0.00000126. The second-order valence-corrected chi connectivity index (χ2v) is 7.02. The van der Waals surface area contributed by atoms with Crippen molar-refractivity contribution in [1.82, 2.24) is 10.3 Å². The van der Waals surface area contributed by atoms with Gasteiger partial charge in [-0.25, -0.2) is 0 Å². The summed E-state index contributed by atoms with van der Waals surface area (Å²) in [6.45, 7) is 6.67. The Labute approximate surface area is 164 Å². The Morgan fingerprint density at radius 1 is 1.07 bits per heavy atom. The first-order valence-corrected chi connectivity index (χ1v) is 10.2. The van der Waals surface area contributed by atoms with E-state index in [0.717, 1.165) is 41.6 Å². The number of rotatable bonds is 7. The van der Waals surface area contributed by atoms with Crippen LogP contribution in [0.3, 0.4) is 0 Å². The number of imide groups is 1. The van der Waals surface area contributed by atoms with Crippen molar-refractivity contribution in [1.29, 1.82) is 0 Å². The van der Waals surface area contributed by atoms with Crippen molar-refractivity contribution >= 4 is 22.9 Å². The van der Waals surface area contributed by atoms with Crippen LogP contribution in [0.15, 0.2) is 42.6 Å². The standard InChI is InChI=1S/C19H20N2O3S.C2H6/c1-2-13-3-6-15(20-12-13)9-10-24-16-7-4-14(5-8-16)11-17-18(22)21-19(23)25-17;1-2/h3-8,12,17H,2,9-11H2,1H3,(H,21,22,23);1-2H3. The number of carbonyl (C=O) groups is 2. The minimum Gasteiger partial charge on any atom is -0.493 e. The Hall–Kier alpha value is -2.34. The molecule has 1 aliphatic rings. The molecule has 5 nitrogen and oxygen atoms in total. The average Bonchev–Trinajstić information content (AvgIpc) is 3.02. The maximum absolute atomic E-state index is 11.6. The van der Waals surface area contributed by atoms with Crippen molar-refractivity contribution in [3.8, 4) is 5.75 Å². The number of hydrogen-bond acceptors (Lipinski definition) is 5. The SMILES string of the molecule is CC.CCc1ccc(CCOc2ccc(CC3SC(=O)NC3=O)cc2)nc1. The molecule has 0 spiro atoms. The van der Waals surface area contributed by atoms with Crippen LogP contribution < -0.4 is 10.1 Å². The van der Waals surface area contributed by atoms with Crippen molar-refractivity contribution < 1.29 is 14.3 Å². The lowest BCUT2D eigenvalue weighted by Crippen LogP contribution is -2.25. The molecule has 2 amide bonds. The van der Waals surface area contributed by atoms with Crippen LogP contribution >= 0.6 is 11.8 Å². The fourth-order valence-electron chi connectivity index (χ4n) is 2.55. The number of pyridine rings is 1. The Bertz CT molecular complexity index is 745. The highest BCUT2D eigenvalue weighted by atomic mass is 32.2. The van der Waals surface area contributed by atoms with Crippen LogP contribution in [-0.4, -0.2) is 28.0 Å². The third-order valence-corrected chi connectivity index (χ3v) is 5.01. The molecule has 1 fully saturated rings. The van der Waals surface area contributed by atoms with Crippen molar-refractivity contribution in [2.45, 2.75) is 45.3 Å². The summed E-state index contributed by atoms with van der Waals surface area (Å²) in [4.78, 5) is 27.2. The van der Waals surface area contributed by atoms with E-state index in [9.17, 15) is 9.59 Å². The molecule has 1 unspecified atom stereocenters. The number of nitrogens with zero attached hydrogens (tertiary/aromatic N) is 1. The van der Waals surface area contributed by atoms with Crippen LogP contribution in [0.25, 0.3) is 0 Å². The first kappa shape index (κ1) is 21.0. The van der Waals surface area contributed by atoms with E-state index in [-0.39, 0.29) is 16.4 Å². The summed E-state index contributed by atoms with van der Waals surface area (Å²) in [7, 11) is 0. The fourth-order valence-corrected chi connectivity index (χ4v) is 3.41. The highest BCUT2D eigenvalue weighted by molar-refractivity contribution is 8.15. The van der Waals surface area contributed by atoms with Crippen LogP contribution in [0.5, 0.6) is 5.75 Å². The molecule has 1 aromatic heterocycles. The van der Waals surface area contributed by atoms with E-state index in [1.807, 2.05) is 50.4 Å². The van der Waals surface area contributed by atoms with Gasteiger partial charge in [0.15, 0.2) is 0 Å². The van der Waals surface area contributed by atoms with Gasteiger partial charge < -0.3 is 4.74 Å². The highest BCUT2D eigenvalue weighted by Crippen LogP contribution is 2.23. The molecule has 6 heteroatoms. The molecular formula is C21H26N2O3S. The summed E-state index contributed by atoms with van der Waals surface area (Å²) in [5.41, 5.74) is 3.25. The summed E-state index contributed by atoms with van der Waals surface area (Å²) >= 11 is 1.05. The molecular weight excluding hydrogens is 360 g/mol. The topological polar surface area (TPSA) is 68.3 Å². The predicted octanol–water partition coefficient (Wildman–Crippen LogP) is 4.19.